The molecule has 5 heteroatoms. The summed E-state index contributed by atoms with van der Waals surface area (Å²) in [4.78, 5) is 10.4. The summed E-state index contributed by atoms with van der Waals surface area (Å²) >= 11 is 0. The number of nitrogens with zero attached hydrogens (tertiary/aromatic N) is 2. The summed E-state index contributed by atoms with van der Waals surface area (Å²) in [6.45, 7) is 1.98. The van der Waals surface area contributed by atoms with Crippen molar-refractivity contribution in [2.24, 2.45) is 5.92 Å². The molecule has 0 saturated heterocycles. The monoisotopic (exact) mass is 182 g/mol. The molecular formula is C8H10N2O3. The first-order valence-corrected chi connectivity index (χ1v) is 4.25. The zero-order valence-electron chi connectivity index (χ0n) is 7.23. The van der Waals surface area contributed by atoms with Crippen LogP contribution in [0.2, 0.25) is 0 Å². The highest BCUT2D eigenvalue weighted by Gasteiger charge is 2.32. The van der Waals surface area contributed by atoms with Crippen molar-refractivity contribution in [3.8, 4) is 0 Å². The van der Waals surface area contributed by atoms with Crippen LogP contribution in [0.3, 0.4) is 0 Å². The van der Waals surface area contributed by atoms with Crippen LogP contribution in [0.1, 0.15) is 42.3 Å². The first kappa shape index (κ1) is 8.22. The van der Waals surface area contributed by atoms with Gasteiger partial charge in [0.15, 0.2) is 0 Å². The van der Waals surface area contributed by atoms with E-state index in [0.717, 1.165) is 0 Å². The summed E-state index contributed by atoms with van der Waals surface area (Å²) in [5.41, 5.74) is 0. The molecule has 2 rings (SSSR count). The number of aromatic carboxylic acids is 1. The van der Waals surface area contributed by atoms with E-state index in [4.69, 9.17) is 9.52 Å². The third-order valence-electron chi connectivity index (χ3n) is 2.34. The molecule has 0 amide bonds. The maximum absolute atomic E-state index is 10.4. The van der Waals surface area contributed by atoms with Gasteiger partial charge in [-0.2, -0.15) is 0 Å². The van der Waals surface area contributed by atoms with Gasteiger partial charge in [-0.05, 0) is 18.8 Å². The molecule has 1 aromatic rings. The van der Waals surface area contributed by atoms with Gasteiger partial charge in [-0.3, -0.25) is 0 Å². The normalized spacial score (nSPS) is 18.5. The summed E-state index contributed by atoms with van der Waals surface area (Å²) in [5.74, 6) is -0.244. The Morgan fingerprint density at radius 3 is 2.77 bits per heavy atom. The van der Waals surface area contributed by atoms with Gasteiger partial charge in [0.2, 0.25) is 5.89 Å². The number of rotatable bonds is 3. The van der Waals surface area contributed by atoms with Gasteiger partial charge >= 0.3 is 11.9 Å². The number of hydrogen-bond acceptors (Lipinski definition) is 4. The lowest BCUT2D eigenvalue weighted by atomic mass is 10.1. The van der Waals surface area contributed by atoms with E-state index in [2.05, 4.69) is 10.2 Å². The van der Waals surface area contributed by atoms with Crippen LogP contribution in [0.5, 0.6) is 0 Å². The average molecular weight is 182 g/mol. The summed E-state index contributed by atoms with van der Waals surface area (Å²) in [6, 6.07) is 0. The minimum Gasteiger partial charge on any atom is -0.474 e. The molecule has 0 bridgehead atoms. The smallest absolute Gasteiger partial charge is 0.393 e. The predicted octanol–water partition coefficient (Wildman–Crippen LogP) is 1.28. The summed E-state index contributed by atoms with van der Waals surface area (Å²) in [7, 11) is 0. The van der Waals surface area contributed by atoms with Crippen LogP contribution in [0.25, 0.3) is 0 Å². The highest BCUT2D eigenvalue weighted by Crippen LogP contribution is 2.41. The molecule has 0 aromatic carbocycles. The predicted molar refractivity (Wildman–Crippen MR) is 42.4 cm³/mol. The molecule has 1 aromatic heterocycles. The van der Waals surface area contributed by atoms with Crippen molar-refractivity contribution in [2.45, 2.75) is 25.7 Å². The number of hydrogen-bond donors (Lipinski definition) is 1. The molecule has 13 heavy (non-hydrogen) atoms. The van der Waals surface area contributed by atoms with Gasteiger partial charge in [0.25, 0.3) is 0 Å². The fourth-order valence-electron chi connectivity index (χ4n) is 1.30. The van der Waals surface area contributed by atoms with Gasteiger partial charge < -0.3 is 9.52 Å². The van der Waals surface area contributed by atoms with Crippen LogP contribution in [0, 0.1) is 5.92 Å². The van der Waals surface area contributed by atoms with Gasteiger partial charge in [-0.1, -0.05) is 6.92 Å². The van der Waals surface area contributed by atoms with E-state index in [-0.39, 0.29) is 11.8 Å². The van der Waals surface area contributed by atoms with Crippen molar-refractivity contribution < 1.29 is 14.3 Å². The van der Waals surface area contributed by atoms with Gasteiger partial charge in [0.1, 0.15) is 0 Å². The summed E-state index contributed by atoms with van der Waals surface area (Å²) in [5, 5.41) is 15.7. The molecule has 0 aliphatic heterocycles. The van der Waals surface area contributed by atoms with Crippen LogP contribution < -0.4 is 0 Å². The molecule has 1 fully saturated rings. The molecule has 1 heterocycles. The first-order chi connectivity index (χ1) is 6.18. The first-order valence-electron chi connectivity index (χ1n) is 4.25. The Hall–Kier alpha value is -1.39. The van der Waals surface area contributed by atoms with E-state index >= 15 is 0 Å². The van der Waals surface area contributed by atoms with Crippen LogP contribution in [-0.4, -0.2) is 21.3 Å². The van der Waals surface area contributed by atoms with Gasteiger partial charge in [-0.25, -0.2) is 4.79 Å². The maximum Gasteiger partial charge on any atom is 0.393 e. The molecule has 1 atom stereocenters. The molecule has 1 saturated carbocycles. The van der Waals surface area contributed by atoms with Crippen molar-refractivity contribution >= 4 is 5.97 Å². The minimum absolute atomic E-state index is 0.195. The molecule has 0 spiro atoms. The molecule has 70 valence electrons. The van der Waals surface area contributed by atoms with Gasteiger partial charge in [0, 0.05) is 5.92 Å². The second kappa shape index (κ2) is 2.83. The average Bonchev–Trinajstić information content (AvgIpc) is 2.81. The molecule has 1 unspecified atom stereocenters. The lowest BCUT2D eigenvalue weighted by molar-refractivity contribution is 0.0650. The Balaban J connectivity index is 2.16. The SMILES string of the molecule is CC(c1nnc(C(=O)O)o1)C1CC1. The van der Waals surface area contributed by atoms with E-state index in [1.807, 2.05) is 6.92 Å². The third-order valence-corrected chi connectivity index (χ3v) is 2.34. The number of carboxylic acids is 1. The topological polar surface area (TPSA) is 76.2 Å². The van der Waals surface area contributed by atoms with E-state index in [1.54, 1.807) is 0 Å². The van der Waals surface area contributed by atoms with E-state index in [0.29, 0.717) is 11.8 Å². The lowest BCUT2D eigenvalue weighted by Gasteiger charge is -2.01. The highest BCUT2D eigenvalue weighted by atomic mass is 16.4. The summed E-state index contributed by atoms with van der Waals surface area (Å²) < 4.78 is 4.99. The van der Waals surface area contributed by atoms with Crippen LogP contribution in [0.4, 0.5) is 0 Å². The Kier molecular flexibility index (Phi) is 1.79. The molecule has 1 N–H and O–H groups in total. The van der Waals surface area contributed by atoms with Gasteiger partial charge in [-0.15, -0.1) is 10.2 Å². The fraction of sp³-hybridized carbons (Fsp3) is 0.625. The standard InChI is InChI=1S/C8H10N2O3/c1-4(5-2-3-5)6-9-10-7(13-6)8(11)12/h4-5H,2-3H2,1H3,(H,11,12). The molecular weight excluding hydrogens is 172 g/mol. The van der Waals surface area contributed by atoms with Crippen LogP contribution in [0.15, 0.2) is 4.42 Å². The zero-order chi connectivity index (χ0) is 9.42. The zero-order valence-corrected chi connectivity index (χ0v) is 7.23. The number of aromatic nitrogens is 2. The van der Waals surface area contributed by atoms with Crippen molar-refractivity contribution in [3.05, 3.63) is 11.8 Å². The Labute approximate surface area is 74.8 Å². The Morgan fingerprint density at radius 2 is 2.31 bits per heavy atom. The van der Waals surface area contributed by atoms with E-state index < -0.39 is 5.97 Å². The van der Waals surface area contributed by atoms with E-state index in [9.17, 15) is 4.79 Å². The van der Waals surface area contributed by atoms with E-state index in [1.165, 1.54) is 12.8 Å². The second-order valence-electron chi connectivity index (χ2n) is 3.38. The van der Waals surface area contributed by atoms with Crippen molar-refractivity contribution in [1.29, 1.82) is 0 Å². The molecule has 1 aliphatic rings. The fourth-order valence-corrected chi connectivity index (χ4v) is 1.30. The molecule has 0 radical (unpaired) electrons. The largest absolute Gasteiger partial charge is 0.474 e. The third kappa shape index (κ3) is 1.54. The maximum atomic E-state index is 10.4. The molecule has 1 aliphatic carbocycles. The quantitative estimate of drug-likeness (QED) is 0.761. The highest BCUT2D eigenvalue weighted by molar-refractivity contribution is 5.81. The molecule has 5 nitrogen and oxygen atoms in total. The minimum atomic E-state index is -1.17. The van der Waals surface area contributed by atoms with Gasteiger partial charge in [0.05, 0.1) is 0 Å². The second-order valence-corrected chi connectivity index (χ2v) is 3.38. The lowest BCUT2D eigenvalue weighted by Crippen LogP contribution is -1.96. The van der Waals surface area contributed by atoms with Crippen molar-refractivity contribution in [3.63, 3.8) is 0 Å². The number of carbonyl (C=O) groups is 1. The number of carboxylic acid groups (broad SMARTS) is 1. The summed E-state index contributed by atoms with van der Waals surface area (Å²) in [6.07, 6.45) is 2.35. The Bertz CT molecular complexity index is 330. The van der Waals surface area contributed by atoms with Crippen LogP contribution in [-0.2, 0) is 0 Å². The van der Waals surface area contributed by atoms with Crippen molar-refractivity contribution in [1.82, 2.24) is 10.2 Å². The van der Waals surface area contributed by atoms with Crippen LogP contribution >= 0.6 is 0 Å². The Morgan fingerprint density at radius 1 is 1.62 bits per heavy atom. The van der Waals surface area contributed by atoms with Crippen molar-refractivity contribution in [2.75, 3.05) is 0 Å².